The van der Waals surface area contributed by atoms with Crippen LogP contribution in [0.5, 0.6) is 5.75 Å². The van der Waals surface area contributed by atoms with Crippen molar-refractivity contribution < 1.29 is 45.5 Å². The van der Waals surface area contributed by atoms with Gasteiger partial charge in [-0.25, -0.2) is 18.2 Å². The van der Waals surface area contributed by atoms with Crippen LogP contribution in [0.2, 0.25) is 0 Å². The second-order valence-corrected chi connectivity index (χ2v) is 20.2. The van der Waals surface area contributed by atoms with Gasteiger partial charge >= 0.3 is 10.2 Å². The minimum Gasteiger partial charge on any atom is -0.495 e. The van der Waals surface area contributed by atoms with Gasteiger partial charge in [0.05, 0.1) is 24.0 Å². The van der Waals surface area contributed by atoms with Crippen LogP contribution in [0, 0.1) is 17.6 Å². The Bertz CT molecular complexity index is 2950. The fourth-order valence-corrected chi connectivity index (χ4v) is 11.8. The molecule has 0 saturated carbocycles. The molecule has 19 heteroatoms. The van der Waals surface area contributed by atoms with Crippen molar-refractivity contribution in [2.75, 3.05) is 62.5 Å². The Morgan fingerprint density at radius 1 is 0.912 bits per heavy atom. The zero-order chi connectivity index (χ0) is 47.4. The van der Waals surface area contributed by atoms with Crippen LogP contribution >= 0.6 is 0 Å². The lowest BCUT2D eigenvalue weighted by atomic mass is 9.87. The topological polar surface area (TPSA) is 177 Å². The molecule has 5 aromatic rings. The number of aromatic nitrogens is 2. The number of aromatic amines is 1. The molecule has 5 aliphatic heterocycles. The molecule has 3 N–H and O–H groups in total. The monoisotopic (exact) mass is 952 g/mol. The summed E-state index contributed by atoms with van der Waals surface area (Å²) in [7, 11) is -2.76. The average molecular weight is 953 g/mol. The molecule has 15 nitrogen and oxygen atoms in total. The molecule has 0 radical (unpaired) electrons. The van der Waals surface area contributed by atoms with Crippen LogP contribution in [0.15, 0.2) is 67.0 Å². The van der Waals surface area contributed by atoms with E-state index in [1.807, 2.05) is 29.0 Å². The van der Waals surface area contributed by atoms with Gasteiger partial charge in [0.15, 0.2) is 5.82 Å². The predicted octanol–water partition coefficient (Wildman–Crippen LogP) is 6.31. The SMILES string of the molecule is COc1cc(-c2cnc3[nH]cc(C(=O)c4c(F)ccc(NS(=O)(=O)N5CC[C@@H](F)C5)c4F)c3c2)ccc1N1CCC(CN2CCC(c3ccc4c(c3)CN([C@H]3CCC(=O)NC3=O)C4=O)CC2)CC1. The number of nitrogens with zero attached hydrogens (tertiary/aromatic N) is 5. The van der Waals surface area contributed by atoms with E-state index < -0.39 is 63.5 Å². The number of carbonyl (C=O) groups excluding carboxylic acids is 4. The first kappa shape index (κ1) is 45.5. The fraction of sp³-hybridized carbons (Fsp3) is 0.408. The second kappa shape index (κ2) is 18.3. The number of amides is 3. The Kier molecular flexibility index (Phi) is 12.2. The van der Waals surface area contributed by atoms with Crippen molar-refractivity contribution in [2.24, 2.45) is 5.92 Å². The maximum Gasteiger partial charge on any atom is 0.301 e. The molecule has 5 aliphatic rings. The summed E-state index contributed by atoms with van der Waals surface area (Å²) >= 11 is 0. The number of anilines is 2. The number of piperidine rings is 3. The van der Waals surface area contributed by atoms with E-state index in [0.29, 0.717) is 52.7 Å². The molecule has 10 rings (SSSR count). The summed E-state index contributed by atoms with van der Waals surface area (Å²) in [6.45, 7) is 4.61. The Morgan fingerprint density at radius 3 is 2.44 bits per heavy atom. The number of hydrogen-bond donors (Lipinski definition) is 3. The van der Waals surface area contributed by atoms with Crippen LogP contribution in [0.25, 0.3) is 22.2 Å². The molecule has 2 aromatic heterocycles. The highest BCUT2D eigenvalue weighted by Gasteiger charge is 2.40. The molecule has 0 bridgehead atoms. The molecule has 4 fully saturated rings. The van der Waals surface area contributed by atoms with Crippen molar-refractivity contribution in [3.8, 4) is 16.9 Å². The standard InChI is InChI=1S/C49H51F3N8O7S/c1-67-42-22-31(32-21-36-37(24-54-47(36)53-23-32)46(62)44-38(51)5-6-39(45(44)52)56-68(65,66)59-19-14-34(50)27-59)3-7-40(42)58-17-10-28(11-18-58)25-57-15-12-29(13-16-57)30-2-4-35-33(20-30)26-60(49(35)64)41-8-9-43(61)55-48(41)63/h2-7,20-24,28-29,34,41,56H,8-19,25-27H2,1H3,(H,53,54)(H,55,61,63)/t34-,41+/m1/s1. The van der Waals surface area contributed by atoms with Gasteiger partial charge in [-0.2, -0.15) is 12.7 Å². The van der Waals surface area contributed by atoms with Crippen LogP contribution in [-0.4, -0.2) is 121 Å². The van der Waals surface area contributed by atoms with Gasteiger partial charge in [-0.3, -0.25) is 29.2 Å². The van der Waals surface area contributed by atoms with Crippen LogP contribution in [0.4, 0.5) is 24.5 Å². The molecule has 0 unspecified atom stereocenters. The Balaban J connectivity index is 0.754. The summed E-state index contributed by atoms with van der Waals surface area (Å²) in [4.78, 5) is 65.1. The maximum absolute atomic E-state index is 15.8. The normalized spacial score (nSPS) is 21.1. The first-order valence-corrected chi connectivity index (χ1v) is 24.5. The molecule has 2 atom stereocenters. The van der Waals surface area contributed by atoms with E-state index >= 15 is 8.78 Å². The van der Waals surface area contributed by atoms with E-state index in [-0.39, 0.29) is 36.8 Å². The van der Waals surface area contributed by atoms with Crippen molar-refractivity contribution in [1.29, 1.82) is 0 Å². The van der Waals surface area contributed by atoms with Crippen molar-refractivity contribution >= 4 is 56.1 Å². The third-order valence-corrected chi connectivity index (χ3v) is 15.8. The number of likely N-dealkylation sites (tertiary alicyclic amines) is 1. The van der Waals surface area contributed by atoms with E-state index in [1.54, 1.807) is 24.3 Å². The smallest absolute Gasteiger partial charge is 0.301 e. The van der Waals surface area contributed by atoms with Crippen LogP contribution in [0.3, 0.4) is 0 Å². The molecule has 4 saturated heterocycles. The number of H-pyrrole nitrogens is 1. The molecule has 68 heavy (non-hydrogen) atoms. The number of methoxy groups -OCH3 is 1. The minimum absolute atomic E-state index is 0.00249. The lowest BCUT2D eigenvalue weighted by Gasteiger charge is -2.38. The summed E-state index contributed by atoms with van der Waals surface area (Å²) in [6.07, 6.45) is 6.24. The Morgan fingerprint density at radius 2 is 1.71 bits per heavy atom. The third-order valence-electron chi connectivity index (χ3n) is 14.4. The lowest BCUT2D eigenvalue weighted by Crippen LogP contribution is -2.52. The van der Waals surface area contributed by atoms with Gasteiger partial charge in [-0.15, -0.1) is 0 Å². The Hall–Kier alpha value is -6.31. The van der Waals surface area contributed by atoms with Crippen LogP contribution in [-0.2, 0) is 26.3 Å². The van der Waals surface area contributed by atoms with E-state index in [1.165, 1.54) is 11.8 Å². The van der Waals surface area contributed by atoms with Gasteiger partial charge in [-0.05, 0) is 117 Å². The predicted molar refractivity (Wildman–Crippen MR) is 247 cm³/mol. The van der Waals surface area contributed by atoms with E-state index in [0.717, 1.165) is 91.7 Å². The molecule has 3 amide bonds. The van der Waals surface area contributed by atoms with Gasteiger partial charge in [0.2, 0.25) is 17.6 Å². The fourth-order valence-electron chi connectivity index (χ4n) is 10.6. The number of pyridine rings is 1. The highest BCUT2D eigenvalue weighted by Crippen LogP contribution is 2.38. The van der Waals surface area contributed by atoms with Gasteiger partial charge in [-0.1, -0.05) is 18.2 Å². The van der Waals surface area contributed by atoms with Crippen molar-refractivity contribution in [3.63, 3.8) is 0 Å². The lowest BCUT2D eigenvalue weighted by molar-refractivity contribution is -0.136. The molecule has 0 spiro atoms. The van der Waals surface area contributed by atoms with Crippen molar-refractivity contribution in [2.45, 2.75) is 69.6 Å². The number of ether oxygens (including phenoxy) is 1. The minimum atomic E-state index is -4.37. The number of nitrogens with one attached hydrogen (secondary N) is 3. The van der Waals surface area contributed by atoms with E-state index in [2.05, 4.69) is 37.2 Å². The number of benzene rings is 3. The van der Waals surface area contributed by atoms with E-state index in [9.17, 15) is 32.0 Å². The highest BCUT2D eigenvalue weighted by atomic mass is 32.2. The van der Waals surface area contributed by atoms with Crippen LogP contribution in [0.1, 0.15) is 88.3 Å². The number of imide groups is 1. The highest BCUT2D eigenvalue weighted by molar-refractivity contribution is 7.90. The van der Waals surface area contributed by atoms with Crippen molar-refractivity contribution in [1.82, 2.24) is 29.4 Å². The number of carbonyl (C=O) groups is 4. The quantitative estimate of drug-likeness (QED) is 0.0950. The summed E-state index contributed by atoms with van der Waals surface area (Å²) in [5, 5.41) is 2.67. The zero-order valence-corrected chi connectivity index (χ0v) is 38.2. The first-order valence-electron chi connectivity index (χ1n) is 23.1. The summed E-state index contributed by atoms with van der Waals surface area (Å²) < 4.78 is 79.3. The maximum atomic E-state index is 15.8. The summed E-state index contributed by atoms with van der Waals surface area (Å²) in [5.41, 5.74) is 3.78. The van der Waals surface area contributed by atoms with Gasteiger partial charge in [0.1, 0.15) is 29.4 Å². The largest absolute Gasteiger partial charge is 0.495 e. The van der Waals surface area contributed by atoms with E-state index in [4.69, 9.17) is 4.74 Å². The number of rotatable bonds is 12. The van der Waals surface area contributed by atoms with Gasteiger partial charge < -0.3 is 24.4 Å². The first-order chi connectivity index (χ1) is 32.7. The number of hydrogen-bond acceptors (Lipinski definition) is 10. The third kappa shape index (κ3) is 8.70. The number of halogens is 3. The molecular weight excluding hydrogens is 902 g/mol. The molecule has 356 valence electrons. The van der Waals surface area contributed by atoms with Gasteiger partial charge in [0.25, 0.3) is 5.91 Å². The second-order valence-electron chi connectivity index (χ2n) is 18.5. The number of fused-ring (bicyclic) bond motifs is 2. The number of ketones is 1. The van der Waals surface area contributed by atoms with Crippen LogP contribution < -0.4 is 19.7 Å². The summed E-state index contributed by atoms with van der Waals surface area (Å²) in [5.74, 6) is -2.85. The molecule has 7 heterocycles. The average Bonchev–Trinajstić information content (AvgIpc) is 4.07. The van der Waals surface area contributed by atoms with Gasteiger partial charge in [0, 0.05) is 80.2 Å². The zero-order valence-electron chi connectivity index (χ0n) is 37.4. The molecule has 0 aliphatic carbocycles. The molecule has 3 aromatic carbocycles. The van der Waals surface area contributed by atoms with Crippen molar-refractivity contribution in [3.05, 3.63) is 106 Å². The Labute approximate surface area is 391 Å². The summed E-state index contributed by atoms with van der Waals surface area (Å²) in [6, 6.07) is 14.7. The molecular formula is C49H51F3N8O7S. The number of alkyl halides is 1.